The SMILES string of the molecule is Cc1cnc(-c2[c-]cc(C)c(-c3ccccc3)c2)cc1C.[2H]C([2H])([2H])c1ccc2c(n1)oc1c(-c3cc(C([2H])([2H])C([2H])([2H])c4ccc(C([2H])([2H])C(C)(C)C)cc4)ccn3)[c-]ccc12.[Ir]. The first-order chi connectivity index (χ1) is 29.5. The molecule has 4 aromatic carbocycles. The molecule has 0 unspecified atom stereocenters. The van der Waals surface area contributed by atoms with Crippen LogP contribution in [-0.4, -0.2) is 15.0 Å². The summed E-state index contributed by atoms with van der Waals surface area (Å²) in [7, 11) is 0. The molecule has 0 fully saturated rings. The van der Waals surface area contributed by atoms with Crippen LogP contribution in [0, 0.1) is 45.2 Å². The Morgan fingerprint density at radius 3 is 2.24 bits per heavy atom. The molecule has 0 N–H and O–H groups in total. The second kappa shape index (κ2) is 17.1. The Balaban J connectivity index is 0.000000259. The van der Waals surface area contributed by atoms with E-state index in [-0.39, 0.29) is 42.6 Å². The van der Waals surface area contributed by atoms with Crippen LogP contribution in [0.4, 0.5) is 0 Å². The summed E-state index contributed by atoms with van der Waals surface area (Å²) < 4.78 is 81.2. The van der Waals surface area contributed by atoms with E-state index < -0.39 is 31.4 Å². The number of hydrogen-bond acceptors (Lipinski definition) is 4. The number of furan rings is 1. The van der Waals surface area contributed by atoms with Crippen molar-refractivity contribution >= 4 is 22.1 Å². The van der Waals surface area contributed by atoms with Crippen molar-refractivity contribution in [3.05, 3.63) is 173 Å². The number of rotatable bonds is 7. The third kappa shape index (κ3) is 9.54. The molecule has 55 heavy (non-hydrogen) atoms. The van der Waals surface area contributed by atoms with Gasteiger partial charge in [-0.2, -0.15) is 0 Å². The summed E-state index contributed by atoms with van der Waals surface area (Å²) >= 11 is 0. The van der Waals surface area contributed by atoms with E-state index in [1.165, 1.54) is 76.5 Å². The molecule has 0 atom stereocenters. The van der Waals surface area contributed by atoms with Gasteiger partial charge in [-0.25, -0.2) is 4.98 Å². The molecule has 0 saturated heterocycles. The van der Waals surface area contributed by atoms with Gasteiger partial charge >= 0.3 is 0 Å². The van der Waals surface area contributed by atoms with Crippen molar-refractivity contribution in [3.63, 3.8) is 0 Å². The van der Waals surface area contributed by atoms with E-state index in [1.807, 2.05) is 12.3 Å². The van der Waals surface area contributed by atoms with Crippen LogP contribution < -0.4 is 0 Å². The number of aryl methyl sites for hydroxylation is 6. The van der Waals surface area contributed by atoms with Crippen molar-refractivity contribution in [3.8, 4) is 33.6 Å². The summed E-state index contributed by atoms with van der Waals surface area (Å²) in [5.74, 6) is 0. The number of hydrogen-bond donors (Lipinski definition) is 0. The van der Waals surface area contributed by atoms with Crippen LogP contribution in [-0.2, 0) is 39.2 Å². The standard InChI is InChI=1S/C30H29N2O.C20H18N.Ir/c1-20-8-15-25-24-6-5-7-26(28(24)33-29(25)32-20)27-18-22(16-17-31-27)12-9-21-10-13-23(14-11-21)19-30(2,3)4;1-14-9-10-18(20-11-15(2)16(3)13-21-20)12-19(14)17-7-5-4-6-8-17;/h5-6,8,10-11,13-18H,9,12,19H2,1-4H3;4-9,11-13H,1-3H3;/q2*-1;/i1D3,9D2,12D2,19D2;;. The van der Waals surface area contributed by atoms with Gasteiger partial charge in [-0.15, -0.1) is 47.5 Å². The first-order valence-corrected chi connectivity index (χ1v) is 17.8. The average molecular weight is 907 g/mol. The van der Waals surface area contributed by atoms with E-state index in [1.54, 1.807) is 39.0 Å². The molecule has 0 aliphatic rings. The summed E-state index contributed by atoms with van der Waals surface area (Å²) in [6.07, 6.45) is -3.34. The van der Waals surface area contributed by atoms with E-state index in [0.29, 0.717) is 33.2 Å². The molecule has 0 aliphatic heterocycles. The Morgan fingerprint density at radius 1 is 0.727 bits per heavy atom. The van der Waals surface area contributed by atoms with E-state index in [4.69, 9.17) is 16.8 Å². The molecule has 0 spiro atoms. The van der Waals surface area contributed by atoms with Gasteiger partial charge < -0.3 is 14.4 Å². The molecular weight excluding hydrogens is 851 g/mol. The fourth-order valence-electron chi connectivity index (χ4n) is 6.08. The normalized spacial score (nSPS) is 14.7. The molecule has 0 amide bonds. The molecule has 4 heterocycles. The molecule has 8 aromatic rings. The van der Waals surface area contributed by atoms with Gasteiger partial charge in [0, 0.05) is 55.9 Å². The molecule has 279 valence electrons. The maximum Gasteiger partial charge on any atom is 0.216 e. The molecule has 8 rings (SSSR count). The Labute approximate surface area is 352 Å². The van der Waals surface area contributed by atoms with Crippen LogP contribution in [0.5, 0.6) is 0 Å². The minimum absolute atomic E-state index is 0. The topological polar surface area (TPSA) is 51.8 Å². The van der Waals surface area contributed by atoms with Crippen LogP contribution in [0.2, 0.25) is 0 Å². The van der Waals surface area contributed by atoms with Gasteiger partial charge in [0.05, 0.1) is 5.58 Å². The predicted molar refractivity (Wildman–Crippen MR) is 223 cm³/mol. The van der Waals surface area contributed by atoms with Crippen molar-refractivity contribution in [2.24, 2.45) is 5.41 Å². The van der Waals surface area contributed by atoms with E-state index in [2.05, 4.69) is 90.3 Å². The van der Waals surface area contributed by atoms with Crippen molar-refractivity contribution in [2.45, 2.75) is 67.5 Å². The third-order valence-electron chi connectivity index (χ3n) is 8.96. The molecule has 4 aromatic heterocycles. The Kier molecular flexibility index (Phi) is 9.03. The zero-order chi connectivity index (χ0) is 45.7. The van der Waals surface area contributed by atoms with Gasteiger partial charge in [0.2, 0.25) is 5.71 Å². The minimum Gasteiger partial charge on any atom is -0.486 e. The number of nitrogens with zero attached hydrogens (tertiary/aromatic N) is 3. The quantitative estimate of drug-likeness (QED) is 0.150. The van der Waals surface area contributed by atoms with E-state index >= 15 is 0 Å². The Hall–Kier alpha value is -5.22. The van der Waals surface area contributed by atoms with E-state index in [0.717, 1.165) is 11.3 Å². The van der Waals surface area contributed by atoms with Crippen molar-refractivity contribution in [2.75, 3.05) is 0 Å². The molecule has 0 aliphatic carbocycles. The van der Waals surface area contributed by atoms with Crippen molar-refractivity contribution < 1.29 is 36.9 Å². The van der Waals surface area contributed by atoms with Gasteiger partial charge in [0.1, 0.15) is 0 Å². The van der Waals surface area contributed by atoms with E-state index in [9.17, 15) is 0 Å². The predicted octanol–water partition coefficient (Wildman–Crippen LogP) is 12.7. The smallest absolute Gasteiger partial charge is 0.216 e. The summed E-state index contributed by atoms with van der Waals surface area (Å²) in [6, 6.07) is 38.5. The van der Waals surface area contributed by atoms with Gasteiger partial charge in [-0.3, -0.25) is 0 Å². The molecule has 5 heteroatoms. The van der Waals surface area contributed by atoms with Gasteiger partial charge in [0.15, 0.2) is 0 Å². The molecule has 0 saturated carbocycles. The number of fused-ring (bicyclic) bond motifs is 3. The largest absolute Gasteiger partial charge is 0.486 e. The van der Waals surface area contributed by atoms with Crippen LogP contribution in [0.25, 0.3) is 55.7 Å². The first kappa shape index (κ1) is 29.1. The number of benzene rings is 4. The molecular formula is C50H47IrN3O-2. The van der Waals surface area contributed by atoms with Crippen LogP contribution in [0.15, 0.2) is 126 Å². The van der Waals surface area contributed by atoms with Gasteiger partial charge in [-0.1, -0.05) is 122 Å². The maximum absolute atomic E-state index is 8.87. The van der Waals surface area contributed by atoms with Crippen molar-refractivity contribution in [1.82, 2.24) is 15.0 Å². The third-order valence-corrected chi connectivity index (χ3v) is 8.96. The molecule has 4 nitrogen and oxygen atoms in total. The number of aromatic nitrogens is 3. The second-order valence-corrected chi connectivity index (χ2v) is 14.3. The first-order valence-electron chi connectivity index (χ1n) is 22.3. The number of pyridine rings is 3. The fraction of sp³-hybridized carbons (Fsp3) is 0.220. The second-order valence-electron chi connectivity index (χ2n) is 14.3. The van der Waals surface area contributed by atoms with Crippen LogP contribution in [0.1, 0.15) is 72.2 Å². The average Bonchev–Trinajstić information content (AvgIpc) is 3.63. The summed E-state index contributed by atoms with van der Waals surface area (Å²) in [5, 5.41) is 1.26. The summed E-state index contributed by atoms with van der Waals surface area (Å²) in [5.41, 5.74) is 9.08. The fourth-order valence-corrected chi connectivity index (χ4v) is 6.08. The Morgan fingerprint density at radius 2 is 1.49 bits per heavy atom. The molecule has 0 bridgehead atoms. The Bertz CT molecular complexity index is 2940. The minimum atomic E-state index is -2.51. The summed E-state index contributed by atoms with van der Waals surface area (Å²) in [6.45, 7) is 9.28. The van der Waals surface area contributed by atoms with Crippen molar-refractivity contribution in [1.29, 1.82) is 0 Å². The van der Waals surface area contributed by atoms with Crippen LogP contribution in [0.3, 0.4) is 0 Å². The maximum atomic E-state index is 8.87. The van der Waals surface area contributed by atoms with Gasteiger partial charge in [-0.05, 0) is 97.1 Å². The zero-order valence-corrected chi connectivity index (χ0v) is 34.0. The zero-order valence-electron chi connectivity index (χ0n) is 40.6. The van der Waals surface area contributed by atoms with Gasteiger partial charge in [0.25, 0.3) is 0 Å². The summed E-state index contributed by atoms with van der Waals surface area (Å²) in [4.78, 5) is 13.1. The van der Waals surface area contributed by atoms with Crippen LogP contribution >= 0.6 is 0 Å². The monoisotopic (exact) mass is 907 g/mol. The molecule has 1 radical (unpaired) electrons.